The first kappa shape index (κ1) is 12.4. The van der Waals surface area contributed by atoms with Crippen LogP contribution < -0.4 is 4.68 Å². The number of hydrogen-bond acceptors (Lipinski definition) is 3. The van der Waals surface area contributed by atoms with Gasteiger partial charge in [0.2, 0.25) is 0 Å². The summed E-state index contributed by atoms with van der Waals surface area (Å²) in [6, 6.07) is 5.33. The predicted octanol–water partition coefficient (Wildman–Crippen LogP) is 1.56. The van der Waals surface area contributed by atoms with Gasteiger partial charge < -0.3 is 5.11 Å². The van der Waals surface area contributed by atoms with Crippen LogP contribution in [0.4, 0.5) is 0 Å². The van der Waals surface area contributed by atoms with E-state index in [1.807, 2.05) is 6.07 Å². The fourth-order valence-corrected chi connectivity index (χ4v) is 1.70. The van der Waals surface area contributed by atoms with Gasteiger partial charge in [0.25, 0.3) is 0 Å². The number of aryl methyl sites for hydroxylation is 1. The van der Waals surface area contributed by atoms with E-state index in [4.69, 9.17) is 16.7 Å². The molecule has 6 heteroatoms. The number of carboxylic acid groups (broad SMARTS) is 1. The Morgan fingerprint density at radius 2 is 2.28 bits per heavy atom. The number of pyridine rings is 1. The van der Waals surface area contributed by atoms with Gasteiger partial charge in [-0.1, -0.05) is 16.3 Å². The van der Waals surface area contributed by atoms with Gasteiger partial charge in [0, 0.05) is 17.8 Å². The molecule has 0 saturated carbocycles. The van der Waals surface area contributed by atoms with E-state index >= 15 is 0 Å². The van der Waals surface area contributed by atoms with Gasteiger partial charge in [0.1, 0.15) is 12.6 Å². The molecule has 0 saturated heterocycles. The maximum Gasteiger partial charge on any atom is 0.309 e. The summed E-state index contributed by atoms with van der Waals surface area (Å²) < 4.78 is 1.56. The molecule has 0 atom stereocenters. The highest BCUT2D eigenvalue weighted by atomic mass is 35.5. The van der Waals surface area contributed by atoms with Crippen LogP contribution in [0.5, 0.6) is 0 Å². The van der Waals surface area contributed by atoms with Crippen LogP contribution in [-0.2, 0) is 11.3 Å². The van der Waals surface area contributed by atoms with Crippen molar-refractivity contribution in [3.05, 3.63) is 41.8 Å². The second-order valence-corrected chi connectivity index (χ2v) is 4.06. The van der Waals surface area contributed by atoms with Crippen molar-refractivity contribution in [1.82, 2.24) is 10.1 Å². The van der Waals surface area contributed by atoms with Crippen molar-refractivity contribution in [2.75, 3.05) is 0 Å². The molecule has 18 heavy (non-hydrogen) atoms. The van der Waals surface area contributed by atoms with Crippen LogP contribution in [0, 0.1) is 0 Å². The predicted molar refractivity (Wildman–Crippen MR) is 64.9 cm³/mol. The van der Waals surface area contributed by atoms with Gasteiger partial charge in [-0.2, -0.15) is 0 Å². The lowest BCUT2D eigenvalue weighted by Gasteiger charge is -2.00. The maximum absolute atomic E-state index is 10.4. The molecule has 2 rings (SSSR count). The van der Waals surface area contributed by atoms with Crippen LogP contribution >= 0.6 is 11.6 Å². The molecule has 0 radical (unpaired) electrons. The largest absolute Gasteiger partial charge is 0.481 e. The normalized spacial score (nSPS) is 10.3. The number of carboxylic acids is 1. The fraction of sp³-hybridized carbons (Fsp3) is 0.167. The Balaban J connectivity index is 2.17. The molecule has 0 fully saturated rings. The quantitative estimate of drug-likeness (QED) is 0.851. The molecule has 0 amide bonds. The molecule has 1 N–H and O–H groups in total. The first-order chi connectivity index (χ1) is 8.66. The van der Waals surface area contributed by atoms with Crippen LogP contribution in [-0.4, -0.2) is 21.2 Å². The van der Waals surface area contributed by atoms with Crippen LogP contribution in [0.15, 0.2) is 36.8 Å². The fourth-order valence-electron chi connectivity index (χ4n) is 1.46. The van der Waals surface area contributed by atoms with Gasteiger partial charge >= 0.3 is 5.97 Å². The van der Waals surface area contributed by atoms with Crippen molar-refractivity contribution in [2.24, 2.45) is 0 Å². The van der Waals surface area contributed by atoms with Crippen LogP contribution in [0.2, 0.25) is 5.02 Å². The van der Waals surface area contributed by atoms with Gasteiger partial charge in [-0.05, 0) is 17.2 Å². The number of aromatic nitrogens is 3. The van der Waals surface area contributed by atoms with E-state index in [2.05, 4.69) is 10.1 Å². The summed E-state index contributed by atoms with van der Waals surface area (Å²) in [5.74, 6) is -0.846. The zero-order chi connectivity index (χ0) is 13.0. The van der Waals surface area contributed by atoms with E-state index in [0.29, 0.717) is 17.3 Å². The van der Waals surface area contributed by atoms with Crippen molar-refractivity contribution >= 4 is 17.6 Å². The third-order valence-corrected chi connectivity index (χ3v) is 2.66. The molecule has 0 aromatic carbocycles. The Morgan fingerprint density at radius 1 is 1.44 bits per heavy atom. The second kappa shape index (κ2) is 5.55. The minimum absolute atomic E-state index is 0.0430. The standard InChI is InChI=1S/C12H10ClN3O2/c13-10-2-1-5-14-12(10)9-3-6-16(15-8-9)7-4-11(17)18/h1-3,5-6,8H,4,7H2/p+1. The zero-order valence-electron chi connectivity index (χ0n) is 9.45. The highest BCUT2D eigenvalue weighted by Crippen LogP contribution is 2.23. The SMILES string of the molecule is O=C(O)CC[n+]1ccc(-c2ncccc2Cl)cn1. The Morgan fingerprint density at radius 3 is 2.89 bits per heavy atom. The number of hydrogen-bond donors (Lipinski definition) is 1. The van der Waals surface area contributed by atoms with Crippen molar-refractivity contribution < 1.29 is 14.6 Å². The Kier molecular flexibility index (Phi) is 3.84. The summed E-state index contributed by atoms with van der Waals surface area (Å²) in [5.41, 5.74) is 1.46. The summed E-state index contributed by atoms with van der Waals surface area (Å²) in [6.07, 6.45) is 5.04. The van der Waals surface area contributed by atoms with Crippen LogP contribution in [0.1, 0.15) is 6.42 Å². The lowest BCUT2D eigenvalue weighted by molar-refractivity contribution is -0.752. The lowest BCUT2D eigenvalue weighted by Crippen LogP contribution is -2.38. The summed E-state index contributed by atoms with van der Waals surface area (Å²) >= 11 is 6.03. The summed E-state index contributed by atoms with van der Waals surface area (Å²) in [7, 11) is 0. The Labute approximate surface area is 109 Å². The third kappa shape index (κ3) is 3.01. The molecule has 5 nitrogen and oxygen atoms in total. The average Bonchev–Trinajstić information content (AvgIpc) is 2.38. The van der Waals surface area contributed by atoms with Gasteiger partial charge in [-0.15, -0.1) is 0 Å². The van der Waals surface area contributed by atoms with E-state index in [1.165, 1.54) is 0 Å². The highest BCUT2D eigenvalue weighted by molar-refractivity contribution is 6.32. The van der Waals surface area contributed by atoms with Crippen molar-refractivity contribution in [2.45, 2.75) is 13.0 Å². The van der Waals surface area contributed by atoms with E-state index in [-0.39, 0.29) is 6.42 Å². The first-order valence-corrected chi connectivity index (χ1v) is 5.73. The van der Waals surface area contributed by atoms with Gasteiger partial charge in [0.05, 0.1) is 10.7 Å². The third-order valence-electron chi connectivity index (χ3n) is 2.36. The number of halogens is 1. The Hall–Kier alpha value is -2.01. The molecule has 92 valence electrons. The lowest BCUT2D eigenvalue weighted by atomic mass is 10.2. The number of carbonyl (C=O) groups is 1. The Bertz CT molecular complexity index is 558. The number of aliphatic carboxylic acids is 1. The monoisotopic (exact) mass is 264 g/mol. The molecule has 0 bridgehead atoms. The molecule has 2 heterocycles. The number of nitrogens with zero attached hydrogens (tertiary/aromatic N) is 3. The highest BCUT2D eigenvalue weighted by Gasteiger charge is 2.09. The topological polar surface area (TPSA) is 67.0 Å². The molecule has 2 aromatic rings. The number of rotatable bonds is 4. The van der Waals surface area contributed by atoms with E-state index in [9.17, 15) is 4.79 Å². The van der Waals surface area contributed by atoms with E-state index < -0.39 is 5.97 Å². The van der Waals surface area contributed by atoms with Crippen molar-refractivity contribution in [1.29, 1.82) is 0 Å². The molecule has 0 aliphatic heterocycles. The summed E-state index contributed by atoms with van der Waals surface area (Å²) in [5, 5.41) is 13.3. The molecule has 0 unspecified atom stereocenters. The van der Waals surface area contributed by atoms with Gasteiger partial charge in [-0.25, -0.2) is 0 Å². The molecular weight excluding hydrogens is 254 g/mol. The summed E-state index contributed by atoms with van der Waals surface area (Å²) in [6.45, 7) is 0.339. The summed E-state index contributed by atoms with van der Waals surface area (Å²) in [4.78, 5) is 14.6. The maximum atomic E-state index is 10.4. The molecule has 0 spiro atoms. The zero-order valence-corrected chi connectivity index (χ0v) is 10.2. The molecule has 0 aliphatic carbocycles. The van der Waals surface area contributed by atoms with Gasteiger partial charge in [-0.3, -0.25) is 9.78 Å². The van der Waals surface area contributed by atoms with Crippen LogP contribution in [0.25, 0.3) is 11.3 Å². The van der Waals surface area contributed by atoms with Crippen molar-refractivity contribution in [3.63, 3.8) is 0 Å². The van der Waals surface area contributed by atoms with E-state index in [0.717, 1.165) is 5.56 Å². The minimum Gasteiger partial charge on any atom is -0.481 e. The average molecular weight is 265 g/mol. The van der Waals surface area contributed by atoms with Gasteiger partial charge in [0.15, 0.2) is 12.7 Å². The second-order valence-electron chi connectivity index (χ2n) is 3.66. The molecule has 0 aliphatic rings. The minimum atomic E-state index is -0.846. The smallest absolute Gasteiger partial charge is 0.309 e. The first-order valence-electron chi connectivity index (χ1n) is 5.35. The molecule has 2 aromatic heterocycles. The van der Waals surface area contributed by atoms with E-state index in [1.54, 1.807) is 35.4 Å². The van der Waals surface area contributed by atoms with Crippen molar-refractivity contribution in [3.8, 4) is 11.3 Å². The molecular formula is C12H11ClN3O2+. The van der Waals surface area contributed by atoms with Crippen LogP contribution in [0.3, 0.4) is 0 Å².